The maximum Gasteiger partial charge on any atom is 0.229 e. The minimum absolute atomic E-state index is 0.0413. The predicted octanol–water partition coefficient (Wildman–Crippen LogP) is 3.14. The van der Waals surface area contributed by atoms with Crippen molar-refractivity contribution in [2.75, 3.05) is 24.7 Å². The Balaban J connectivity index is 1.58. The molecule has 5 heteroatoms. The van der Waals surface area contributed by atoms with Crippen LogP contribution in [0.2, 0.25) is 0 Å². The second-order valence-electron chi connectivity index (χ2n) is 6.52. The van der Waals surface area contributed by atoms with Gasteiger partial charge in [-0.2, -0.15) is 11.8 Å². The molecule has 1 aromatic carbocycles. The van der Waals surface area contributed by atoms with E-state index in [0.29, 0.717) is 6.54 Å². The van der Waals surface area contributed by atoms with E-state index in [9.17, 15) is 9.59 Å². The Hall–Kier alpha value is -1.49. The van der Waals surface area contributed by atoms with Crippen LogP contribution in [-0.4, -0.2) is 36.1 Å². The lowest BCUT2D eigenvalue weighted by atomic mass is 9.96. The van der Waals surface area contributed by atoms with E-state index < -0.39 is 0 Å². The van der Waals surface area contributed by atoms with Crippen molar-refractivity contribution in [3.8, 4) is 0 Å². The Morgan fingerprint density at radius 1 is 1.26 bits per heavy atom. The molecule has 3 rings (SSSR count). The zero-order valence-electron chi connectivity index (χ0n) is 13.6. The van der Waals surface area contributed by atoms with Crippen LogP contribution in [0.1, 0.15) is 31.2 Å². The molecule has 1 atom stereocenters. The Morgan fingerprint density at radius 2 is 2.09 bits per heavy atom. The number of hydrogen-bond acceptors (Lipinski definition) is 3. The summed E-state index contributed by atoms with van der Waals surface area (Å²) in [5.41, 5.74) is 2.07. The second-order valence-corrected chi connectivity index (χ2v) is 7.39. The summed E-state index contributed by atoms with van der Waals surface area (Å²) in [6.45, 7) is 1.38. The topological polar surface area (TPSA) is 49.4 Å². The van der Waals surface area contributed by atoms with Gasteiger partial charge in [0.2, 0.25) is 11.8 Å². The summed E-state index contributed by atoms with van der Waals surface area (Å²) in [5, 5.41) is 3.03. The highest BCUT2D eigenvalue weighted by atomic mass is 32.2. The maximum absolute atomic E-state index is 12.5. The third-order valence-electron chi connectivity index (χ3n) is 4.54. The van der Waals surface area contributed by atoms with Gasteiger partial charge in [0.15, 0.2) is 0 Å². The first-order valence-corrected chi connectivity index (χ1v) is 9.74. The van der Waals surface area contributed by atoms with Crippen LogP contribution >= 0.6 is 11.8 Å². The van der Waals surface area contributed by atoms with Gasteiger partial charge < -0.3 is 10.2 Å². The van der Waals surface area contributed by atoms with E-state index in [1.807, 2.05) is 23.1 Å². The van der Waals surface area contributed by atoms with Gasteiger partial charge in [0.1, 0.15) is 0 Å². The normalized spacial score (nSPS) is 21.1. The lowest BCUT2D eigenvalue weighted by Gasteiger charge is -2.32. The molecule has 0 aromatic heterocycles. The predicted molar refractivity (Wildman–Crippen MR) is 94.3 cm³/mol. The molecule has 0 spiro atoms. The van der Waals surface area contributed by atoms with Crippen molar-refractivity contribution in [3.05, 3.63) is 29.8 Å². The third-order valence-corrected chi connectivity index (χ3v) is 5.16. The van der Waals surface area contributed by atoms with Crippen LogP contribution in [-0.2, 0) is 15.3 Å². The van der Waals surface area contributed by atoms with Gasteiger partial charge in [-0.1, -0.05) is 12.1 Å². The van der Waals surface area contributed by atoms with Crippen LogP contribution in [0.5, 0.6) is 0 Å². The summed E-state index contributed by atoms with van der Waals surface area (Å²) in [7, 11) is 0. The van der Waals surface area contributed by atoms with Crippen LogP contribution in [0, 0.1) is 11.8 Å². The fourth-order valence-corrected chi connectivity index (χ4v) is 3.64. The molecule has 1 heterocycles. The van der Waals surface area contributed by atoms with Gasteiger partial charge in [-0.05, 0) is 49.6 Å². The van der Waals surface area contributed by atoms with E-state index in [4.69, 9.17) is 0 Å². The van der Waals surface area contributed by atoms with Crippen molar-refractivity contribution in [1.29, 1.82) is 0 Å². The van der Waals surface area contributed by atoms with Gasteiger partial charge in [-0.25, -0.2) is 0 Å². The van der Waals surface area contributed by atoms with Crippen molar-refractivity contribution < 1.29 is 9.59 Å². The standard InChI is InChI=1S/C18H24N2O2S/c1-23-12-13-4-2-6-16(10-13)19-17(21)15-5-3-9-20(11-15)18(22)14-7-8-14/h2,4,6,10,14-15H,3,5,7-9,11-12H2,1H3,(H,19,21). The van der Waals surface area contributed by atoms with E-state index in [-0.39, 0.29) is 23.7 Å². The Kier molecular flexibility index (Phi) is 5.26. The SMILES string of the molecule is CSCc1cccc(NC(=O)C2CCCN(C(=O)C3CC3)C2)c1. The van der Waals surface area contributed by atoms with Crippen molar-refractivity contribution in [1.82, 2.24) is 4.90 Å². The highest BCUT2D eigenvalue weighted by Gasteiger charge is 2.36. The van der Waals surface area contributed by atoms with Crippen LogP contribution < -0.4 is 5.32 Å². The molecule has 2 amide bonds. The minimum atomic E-state index is -0.0874. The highest BCUT2D eigenvalue weighted by molar-refractivity contribution is 7.97. The average molecular weight is 332 g/mol. The molecular formula is C18H24N2O2S. The second kappa shape index (κ2) is 7.39. The fraction of sp³-hybridized carbons (Fsp3) is 0.556. The van der Waals surface area contributed by atoms with Crippen LogP contribution in [0.15, 0.2) is 24.3 Å². The number of hydrogen-bond donors (Lipinski definition) is 1. The van der Waals surface area contributed by atoms with Crippen molar-refractivity contribution in [2.24, 2.45) is 11.8 Å². The van der Waals surface area contributed by atoms with E-state index in [0.717, 1.165) is 43.7 Å². The van der Waals surface area contributed by atoms with E-state index in [1.54, 1.807) is 11.8 Å². The van der Waals surface area contributed by atoms with Gasteiger partial charge >= 0.3 is 0 Å². The van der Waals surface area contributed by atoms with Crippen molar-refractivity contribution in [3.63, 3.8) is 0 Å². The Bertz CT molecular complexity index is 586. The summed E-state index contributed by atoms with van der Waals surface area (Å²) in [5.74, 6) is 1.39. The summed E-state index contributed by atoms with van der Waals surface area (Å²) in [6, 6.07) is 8.01. The molecule has 23 heavy (non-hydrogen) atoms. The Morgan fingerprint density at radius 3 is 2.83 bits per heavy atom. The van der Waals surface area contributed by atoms with Crippen LogP contribution in [0.25, 0.3) is 0 Å². The largest absolute Gasteiger partial charge is 0.342 e. The molecule has 1 N–H and O–H groups in total. The van der Waals surface area contributed by atoms with Gasteiger partial charge in [0.05, 0.1) is 5.92 Å². The average Bonchev–Trinajstić information content (AvgIpc) is 3.40. The molecular weight excluding hydrogens is 308 g/mol. The molecule has 1 unspecified atom stereocenters. The fourth-order valence-electron chi connectivity index (χ4n) is 3.13. The molecule has 2 fully saturated rings. The maximum atomic E-state index is 12.5. The number of benzene rings is 1. The summed E-state index contributed by atoms with van der Waals surface area (Å²) < 4.78 is 0. The molecule has 4 nitrogen and oxygen atoms in total. The number of nitrogens with one attached hydrogen (secondary N) is 1. The highest BCUT2D eigenvalue weighted by Crippen LogP contribution is 2.32. The van der Waals surface area contributed by atoms with Crippen LogP contribution in [0.4, 0.5) is 5.69 Å². The number of amides is 2. The smallest absolute Gasteiger partial charge is 0.229 e. The number of carbonyl (C=O) groups is 2. The quantitative estimate of drug-likeness (QED) is 0.901. The number of nitrogens with zero attached hydrogens (tertiary/aromatic N) is 1. The zero-order chi connectivity index (χ0) is 16.2. The molecule has 2 aliphatic rings. The molecule has 0 radical (unpaired) electrons. The van der Waals surface area contributed by atoms with Gasteiger partial charge in [0.25, 0.3) is 0 Å². The number of thioether (sulfide) groups is 1. The van der Waals surface area contributed by atoms with E-state index >= 15 is 0 Å². The first kappa shape index (κ1) is 16.4. The number of carbonyl (C=O) groups excluding carboxylic acids is 2. The lowest BCUT2D eigenvalue weighted by molar-refractivity contribution is -0.135. The summed E-state index contributed by atoms with van der Waals surface area (Å²) >= 11 is 1.77. The molecule has 1 aromatic rings. The monoisotopic (exact) mass is 332 g/mol. The third kappa shape index (κ3) is 4.28. The molecule has 0 bridgehead atoms. The minimum Gasteiger partial charge on any atom is -0.342 e. The van der Waals surface area contributed by atoms with Crippen LogP contribution in [0.3, 0.4) is 0 Å². The molecule has 1 saturated heterocycles. The lowest BCUT2D eigenvalue weighted by Crippen LogP contribution is -2.44. The summed E-state index contributed by atoms with van der Waals surface area (Å²) in [6.07, 6.45) is 5.90. The molecule has 1 aliphatic carbocycles. The zero-order valence-corrected chi connectivity index (χ0v) is 14.4. The number of likely N-dealkylation sites (tertiary alicyclic amines) is 1. The number of piperidine rings is 1. The molecule has 1 aliphatic heterocycles. The van der Waals surface area contributed by atoms with Crippen molar-refractivity contribution >= 4 is 29.3 Å². The van der Waals surface area contributed by atoms with Gasteiger partial charge in [-0.15, -0.1) is 0 Å². The summed E-state index contributed by atoms with van der Waals surface area (Å²) in [4.78, 5) is 26.6. The van der Waals surface area contributed by atoms with E-state index in [1.165, 1.54) is 5.56 Å². The van der Waals surface area contributed by atoms with Gasteiger partial charge in [0, 0.05) is 30.4 Å². The van der Waals surface area contributed by atoms with Crippen molar-refractivity contribution in [2.45, 2.75) is 31.4 Å². The Labute approximate surface area is 142 Å². The first-order valence-electron chi connectivity index (χ1n) is 8.35. The van der Waals surface area contributed by atoms with E-state index in [2.05, 4.69) is 17.6 Å². The first-order chi connectivity index (χ1) is 11.2. The number of anilines is 1. The molecule has 1 saturated carbocycles. The molecule has 124 valence electrons. The number of rotatable bonds is 5. The van der Waals surface area contributed by atoms with Gasteiger partial charge in [-0.3, -0.25) is 9.59 Å².